The largest absolute Gasteiger partial charge is 0.481 e. The fourth-order valence-electron chi connectivity index (χ4n) is 3.15. The minimum Gasteiger partial charge on any atom is -0.481 e. The highest BCUT2D eigenvalue weighted by Crippen LogP contribution is 2.25. The number of likely N-dealkylation sites (tertiary alicyclic amines) is 1. The SMILES string of the molecule is Cc1ccc(C(C)NC(=O)N2CC(C)CC(C(=O)O)C2)cc1[N+](=O)[O-]. The van der Waals surface area contributed by atoms with E-state index in [0.717, 1.165) is 0 Å². The second-order valence-electron chi connectivity index (χ2n) is 6.76. The average molecular weight is 349 g/mol. The monoisotopic (exact) mass is 349 g/mol. The molecule has 3 unspecified atom stereocenters. The smallest absolute Gasteiger partial charge is 0.317 e. The van der Waals surface area contributed by atoms with Crippen LogP contribution in [0.3, 0.4) is 0 Å². The maximum atomic E-state index is 12.5. The summed E-state index contributed by atoms with van der Waals surface area (Å²) in [5, 5.41) is 23.1. The first-order valence-corrected chi connectivity index (χ1v) is 8.22. The lowest BCUT2D eigenvalue weighted by atomic mass is 9.91. The summed E-state index contributed by atoms with van der Waals surface area (Å²) in [6.07, 6.45) is 0.554. The fraction of sp³-hybridized carbons (Fsp3) is 0.529. The van der Waals surface area contributed by atoms with Gasteiger partial charge in [-0.1, -0.05) is 19.1 Å². The van der Waals surface area contributed by atoms with Gasteiger partial charge in [-0.3, -0.25) is 14.9 Å². The van der Waals surface area contributed by atoms with Crippen LogP contribution in [0.1, 0.15) is 37.4 Å². The Labute approximate surface area is 146 Å². The zero-order valence-corrected chi connectivity index (χ0v) is 14.6. The molecule has 0 radical (unpaired) electrons. The van der Waals surface area contributed by atoms with Crippen molar-refractivity contribution in [2.24, 2.45) is 11.8 Å². The van der Waals surface area contributed by atoms with Crippen molar-refractivity contribution in [1.29, 1.82) is 0 Å². The number of piperidine rings is 1. The van der Waals surface area contributed by atoms with E-state index in [4.69, 9.17) is 0 Å². The molecule has 0 saturated carbocycles. The molecule has 1 fully saturated rings. The van der Waals surface area contributed by atoms with Crippen molar-refractivity contribution in [2.45, 2.75) is 33.2 Å². The van der Waals surface area contributed by atoms with Gasteiger partial charge in [-0.2, -0.15) is 0 Å². The Hall–Kier alpha value is -2.64. The van der Waals surface area contributed by atoms with Crippen LogP contribution < -0.4 is 5.32 Å². The molecule has 2 rings (SSSR count). The quantitative estimate of drug-likeness (QED) is 0.641. The van der Waals surface area contributed by atoms with E-state index in [1.54, 1.807) is 26.0 Å². The number of nitro benzene ring substituents is 1. The predicted molar refractivity (Wildman–Crippen MR) is 91.3 cm³/mol. The fourth-order valence-corrected chi connectivity index (χ4v) is 3.15. The lowest BCUT2D eigenvalue weighted by Gasteiger charge is -2.35. The molecule has 136 valence electrons. The van der Waals surface area contributed by atoms with E-state index in [2.05, 4.69) is 5.32 Å². The Balaban J connectivity index is 2.08. The number of amides is 2. The molecule has 1 aromatic carbocycles. The number of hydrogen-bond acceptors (Lipinski definition) is 4. The first-order valence-electron chi connectivity index (χ1n) is 8.22. The van der Waals surface area contributed by atoms with Gasteiger partial charge in [0, 0.05) is 24.7 Å². The highest BCUT2D eigenvalue weighted by molar-refractivity contribution is 5.77. The van der Waals surface area contributed by atoms with Gasteiger partial charge in [0.25, 0.3) is 5.69 Å². The number of carboxylic acids is 1. The van der Waals surface area contributed by atoms with Crippen LogP contribution in [-0.4, -0.2) is 40.0 Å². The first-order chi connectivity index (χ1) is 11.7. The van der Waals surface area contributed by atoms with E-state index in [1.807, 2.05) is 6.92 Å². The molecular weight excluding hydrogens is 326 g/mol. The van der Waals surface area contributed by atoms with E-state index in [9.17, 15) is 24.8 Å². The summed E-state index contributed by atoms with van der Waals surface area (Å²) in [6, 6.07) is 4.08. The molecule has 25 heavy (non-hydrogen) atoms. The normalized spacial score (nSPS) is 21.5. The molecule has 0 spiro atoms. The third-order valence-electron chi connectivity index (χ3n) is 4.57. The second kappa shape index (κ2) is 7.50. The standard InChI is InChI=1S/C17H23N3O5/c1-10-6-14(16(21)22)9-19(8-10)17(23)18-12(3)13-5-4-11(2)15(7-13)20(24)25/h4-5,7,10,12,14H,6,8-9H2,1-3H3,(H,18,23)(H,21,22). The van der Waals surface area contributed by atoms with Crippen molar-refractivity contribution >= 4 is 17.7 Å². The Morgan fingerprint density at radius 3 is 2.68 bits per heavy atom. The van der Waals surface area contributed by atoms with Crippen LogP contribution >= 0.6 is 0 Å². The second-order valence-corrected chi connectivity index (χ2v) is 6.76. The Bertz CT molecular complexity index is 691. The number of nitro groups is 1. The summed E-state index contributed by atoms with van der Waals surface area (Å²) in [6.45, 7) is 5.99. The number of nitrogens with one attached hydrogen (secondary N) is 1. The third kappa shape index (κ3) is 4.46. The van der Waals surface area contributed by atoms with E-state index in [1.165, 1.54) is 11.0 Å². The Morgan fingerprint density at radius 1 is 1.40 bits per heavy atom. The van der Waals surface area contributed by atoms with Crippen LogP contribution in [0.15, 0.2) is 18.2 Å². The molecule has 8 heteroatoms. The van der Waals surface area contributed by atoms with Crippen molar-refractivity contribution in [1.82, 2.24) is 10.2 Å². The first kappa shape index (κ1) is 18.7. The van der Waals surface area contributed by atoms with Gasteiger partial charge < -0.3 is 15.3 Å². The number of hydrogen-bond donors (Lipinski definition) is 2. The van der Waals surface area contributed by atoms with Crippen molar-refractivity contribution in [3.8, 4) is 0 Å². The van der Waals surface area contributed by atoms with Crippen LogP contribution in [0, 0.1) is 28.9 Å². The van der Waals surface area contributed by atoms with E-state index in [-0.39, 0.29) is 24.2 Å². The van der Waals surface area contributed by atoms with Gasteiger partial charge in [0.15, 0.2) is 0 Å². The van der Waals surface area contributed by atoms with Gasteiger partial charge in [-0.25, -0.2) is 4.79 Å². The van der Waals surface area contributed by atoms with Gasteiger partial charge in [-0.05, 0) is 31.7 Å². The lowest BCUT2D eigenvalue weighted by Crippen LogP contribution is -2.49. The van der Waals surface area contributed by atoms with Crippen LogP contribution in [0.25, 0.3) is 0 Å². The zero-order chi connectivity index (χ0) is 18.7. The molecule has 1 aliphatic heterocycles. The summed E-state index contributed by atoms with van der Waals surface area (Å²) in [5.41, 5.74) is 1.20. The van der Waals surface area contributed by atoms with Crippen LogP contribution in [0.4, 0.5) is 10.5 Å². The van der Waals surface area contributed by atoms with Gasteiger partial charge in [0.2, 0.25) is 0 Å². The molecular formula is C17H23N3O5. The molecule has 1 aromatic rings. The molecule has 1 heterocycles. The number of carboxylic acid groups (broad SMARTS) is 1. The van der Waals surface area contributed by atoms with E-state index < -0.39 is 22.9 Å². The highest BCUT2D eigenvalue weighted by atomic mass is 16.6. The number of rotatable bonds is 4. The average Bonchev–Trinajstić information content (AvgIpc) is 2.54. The van der Waals surface area contributed by atoms with Crippen molar-refractivity contribution in [2.75, 3.05) is 13.1 Å². The maximum absolute atomic E-state index is 12.5. The van der Waals surface area contributed by atoms with Gasteiger partial charge in [0.05, 0.1) is 16.9 Å². The number of urea groups is 1. The Kier molecular flexibility index (Phi) is 5.61. The molecule has 3 atom stereocenters. The number of aryl methyl sites for hydroxylation is 1. The van der Waals surface area contributed by atoms with Crippen molar-refractivity contribution in [3.05, 3.63) is 39.4 Å². The van der Waals surface area contributed by atoms with Crippen LogP contribution in [0.5, 0.6) is 0 Å². The molecule has 1 saturated heterocycles. The summed E-state index contributed by atoms with van der Waals surface area (Å²) in [5.74, 6) is -1.35. The zero-order valence-electron chi connectivity index (χ0n) is 14.6. The lowest BCUT2D eigenvalue weighted by molar-refractivity contribution is -0.385. The minimum atomic E-state index is -0.897. The molecule has 0 aromatic heterocycles. The summed E-state index contributed by atoms with van der Waals surface area (Å²) in [7, 11) is 0. The molecule has 1 aliphatic rings. The Morgan fingerprint density at radius 2 is 2.08 bits per heavy atom. The predicted octanol–water partition coefficient (Wildman–Crippen LogP) is 2.72. The molecule has 0 bridgehead atoms. The maximum Gasteiger partial charge on any atom is 0.317 e. The minimum absolute atomic E-state index is 0.0103. The van der Waals surface area contributed by atoms with Crippen LogP contribution in [-0.2, 0) is 4.79 Å². The molecule has 8 nitrogen and oxygen atoms in total. The third-order valence-corrected chi connectivity index (χ3v) is 4.57. The highest BCUT2D eigenvalue weighted by Gasteiger charge is 2.32. The molecule has 2 amide bonds. The summed E-state index contributed by atoms with van der Waals surface area (Å²) < 4.78 is 0. The van der Waals surface area contributed by atoms with Gasteiger partial charge in [0.1, 0.15) is 0 Å². The van der Waals surface area contributed by atoms with E-state index in [0.29, 0.717) is 24.1 Å². The number of aliphatic carboxylic acids is 1. The summed E-state index contributed by atoms with van der Waals surface area (Å²) in [4.78, 5) is 35.8. The number of carbonyl (C=O) groups is 2. The van der Waals surface area contributed by atoms with Crippen molar-refractivity contribution < 1.29 is 19.6 Å². The number of carbonyl (C=O) groups excluding carboxylic acids is 1. The number of nitrogens with zero attached hydrogens (tertiary/aromatic N) is 2. The van der Waals surface area contributed by atoms with Crippen molar-refractivity contribution in [3.63, 3.8) is 0 Å². The topological polar surface area (TPSA) is 113 Å². The van der Waals surface area contributed by atoms with Gasteiger partial charge >= 0.3 is 12.0 Å². The molecule has 2 N–H and O–H groups in total. The molecule has 0 aliphatic carbocycles. The number of benzene rings is 1. The van der Waals surface area contributed by atoms with Crippen LogP contribution in [0.2, 0.25) is 0 Å². The summed E-state index contributed by atoms with van der Waals surface area (Å²) >= 11 is 0. The van der Waals surface area contributed by atoms with Gasteiger partial charge in [-0.15, -0.1) is 0 Å². The van der Waals surface area contributed by atoms with E-state index >= 15 is 0 Å².